The van der Waals surface area contributed by atoms with Crippen LogP contribution >= 0.6 is 0 Å². The van der Waals surface area contributed by atoms with Gasteiger partial charge in [-0.3, -0.25) is 0 Å². The molecule has 1 rings (SSSR count). The van der Waals surface area contributed by atoms with Crippen LogP contribution in [0.4, 0.5) is 0 Å². The molecule has 98 valence electrons. The number of nitrogens with zero attached hydrogens (tertiary/aromatic N) is 2. The van der Waals surface area contributed by atoms with Crippen LogP contribution in [-0.2, 0) is 9.47 Å². The Hall–Kier alpha value is -1.98. The Morgan fingerprint density at radius 3 is 2.00 bits per heavy atom. The number of hydrogen-bond acceptors (Lipinski definition) is 6. The number of hydrogen-bond donors (Lipinski definition) is 0. The molecule has 0 amide bonds. The summed E-state index contributed by atoms with van der Waals surface area (Å²) in [6, 6.07) is 0. The van der Waals surface area contributed by atoms with Crippen LogP contribution < -0.4 is 0 Å². The van der Waals surface area contributed by atoms with Crippen molar-refractivity contribution >= 4 is 11.9 Å². The number of rotatable bonds is 3. The summed E-state index contributed by atoms with van der Waals surface area (Å²) >= 11 is 0. The van der Waals surface area contributed by atoms with Gasteiger partial charge in [-0.15, -0.1) is 0 Å². The Labute approximate surface area is 105 Å². The maximum atomic E-state index is 11.6. The van der Waals surface area contributed by atoms with Crippen molar-refractivity contribution in [3.05, 3.63) is 23.8 Å². The Bertz CT molecular complexity index is 434. The molecule has 0 unspecified atom stereocenters. The molecular weight excluding hydrogens is 236 g/mol. The molecule has 0 saturated heterocycles. The Morgan fingerprint density at radius 2 is 1.61 bits per heavy atom. The van der Waals surface area contributed by atoms with E-state index in [-0.39, 0.29) is 18.0 Å². The maximum absolute atomic E-state index is 11.6. The lowest BCUT2D eigenvalue weighted by Crippen LogP contribution is -2.24. The minimum absolute atomic E-state index is 0.0537. The summed E-state index contributed by atoms with van der Waals surface area (Å²) in [6.45, 7) is 7.22. The number of aromatic nitrogens is 2. The summed E-state index contributed by atoms with van der Waals surface area (Å²) in [4.78, 5) is 30.6. The molecule has 0 aromatic carbocycles. The molecular formula is C12H16N2O4. The van der Waals surface area contributed by atoms with E-state index >= 15 is 0 Å². The van der Waals surface area contributed by atoms with Crippen LogP contribution in [0.1, 0.15) is 48.7 Å². The standard InChI is InChI=1S/C12H16N2O4/c1-5-17-10(15)8-6-14-9(7-13-8)11(16)18-12(2,3)4/h6-7H,5H2,1-4H3. The third-order valence-electron chi connectivity index (χ3n) is 1.74. The van der Waals surface area contributed by atoms with Crippen LogP contribution in [0.3, 0.4) is 0 Å². The van der Waals surface area contributed by atoms with Crippen molar-refractivity contribution in [2.24, 2.45) is 0 Å². The fourth-order valence-corrected chi connectivity index (χ4v) is 1.07. The third-order valence-corrected chi connectivity index (χ3v) is 1.74. The van der Waals surface area contributed by atoms with Crippen molar-refractivity contribution in [1.29, 1.82) is 0 Å². The number of esters is 2. The zero-order valence-electron chi connectivity index (χ0n) is 10.9. The zero-order valence-corrected chi connectivity index (χ0v) is 10.9. The Morgan fingerprint density at radius 1 is 1.11 bits per heavy atom. The quantitative estimate of drug-likeness (QED) is 0.760. The summed E-state index contributed by atoms with van der Waals surface area (Å²) in [5, 5.41) is 0. The van der Waals surface area contributed by atoms with Crippen molar-refractivity contribution in [3.8, 4) is 0 Å². The molecule has 0 atom stereocenters. The lowest BCUT2D eigenvalue weighted by atomic mass is 10.2. The summed E-state index contributed by atoms with van der Waals surface area (Å²) in [6.07, 6.45) is 2.39. The lowest BCUT2D eigenvalue weighted by Gasteiger charge is -2.18. The monoisotopic (exact) mass is 252 g/mol. The van der Waals surface area contributed by atoms with Crippen LogP contribution in [0.5, 0.6) is 0 Å². The molecule has 1 heterocycles. The van der Waals surface area contributed by atoms with E-state index < -0.39 is 17.5 Å². The van der Waals surface area contributed by atoms with Gasteiger partial charge in [0.15, 0.2) is 11.4 Å². The second kappa shape index (κ2) is 5.57. The van der Waals surface area contributed by atoms with Crippen LogP contribution in [0.25, 0.3) is 0 Å². The molecule has 0 saturated carbocycles. The van der Waals surface area contributed by atoms with E-state index in [9.17, 15) is 9.59 Å². The summed E-state index contributed by atoms with van der Waals surface area (Å²) < 4.78 is 9.87. The molecule has 0 radical (unpaired) electrons. The molecule has 0 spiro atoms. The first-order valence-electron chi connectivity index (χ1n) is 5.56. The molecule has 0 aliphatic carbocycles. The minimum atomic E-state index is -0.599. The molecule has 1 aromatic rings. The van der Waals surface area contributed by atoms with Crippen LogP contribution in [0.2, 0.25) is 0 Å². The first-order chi connectivity index (χ1) is 8.33. The first-order valence-corrected chi connectivity index (χ1v) is 5.56. The van der Waals surface area contributed by atoms with Crippen molar-refractivity contribution in [3.63, 3.8) is 0 Å². The fraction of sp³-hybridized carbons (Fsp3) is 0.500. The normalized spacial score (nSPS) is 10.9. The molecule has 0 bridgehead atoms. The van der Waals surface area contributed by atoms with Crippen LogP contribution in [-0.4, -0.2) is 34.1 Å². The molecule has 1 aromatic heterocycles. The highest BCUT2D eigenvalue weighted by molar-refractivity contribution is 5.89. The van der Waals surface area contributed by atoms with Gasteiger partial charge in [-0.05, 0) is 27.7 Å². The molecule has 6 heteroatoms. The van der Waals surface area contributed by atoms with Gasteiger partial charge in [0.05, 0.1) is 19.0 Å². The second-order valence-corrected chi connectivity index (χ2v) is 4.51. The predicted molar refractivity (Wildman–Crippen MR) is 63.2 cm³/mol. The zero-order chi connectivity index (χ0) is 13.8. The van der Waals surface area contributed by atoms with Crippen LogP contribution in [0, 0.1) is 0 Å². The highest BCUT2D eigenvalue weighted by atomic mass is 16.6. The van der Waals surface area contributed by atoms with E-state index in [1.165, 1.54) is 12.4 Å². The molecule has 18 heavy (non-hydrogen) atoms. The SMILES string of the molecule is CCOC(=O)c1cnc(C(=O)OC(C)(C)C)cn1. The highest BCUT2D eigenvalue weighted by Gasteiger charge is 2.19. The topological polar surface area (TPSA) is 78.4 Å². The van der Waals surface area contributed by atoms with Gasteiger partial charge in [0, 0.05) is 0 Å². The van der Waals surface area contributed by atoms with Gasteiger partial charge in [0.25, 0.3) is 0 Å². The number of ether oxygens (including phenoxy) is 2. The van der Waals surface area contributed by atoms with Gasteiger partial charge in [0.2, 0.25) is 0 Å². The number of carbonyl (C=O) groups excluding carboxylic acids is 2. The van der Waals surface area contributed by atoms with E-state index in [0.29, 0.717) is 0 Å². The van der Waals surface area contributed by atoms with Crippen molar-refractivity contribution in [2.75, 3.05) is 6.61 Å². The van der Waals surface area contributed by atoms with Gasteiger partial charge in [-0.1, -0.05) is 0 Å². The maximum Gasteiger partial charge on any atom is 0.359 e. The highest BCUT2D eigenvalue weighted by Crippen LogP contribution is 2.10. The van der Waals surface area contributed by atoms with Gasteiger partial charge < -0.3 is 9.47 Å². The third kappa shape index (κ3) is 4.12. The average molecular weight is 252 g/mol. The molecule has 0 fully saturated rings. The van der Waals surface area contributed by atoms with Crippen LogP contribution in [0.15, 0.2) is 12.4 Å². The van der Waals surface area contributed by atoms with E-state index in [2.05, 4.69) is 9.97 Å². The van der Waals surface area contributed by atoms with E-state index in [1.807, 2.05) is 0 Å². The molecule has 0 aliphatic rings. The lowest BCUT2D eigenvalue weighted by molar-refractivity contribution is 0.00615. The smallest absolute Gasteiger partial charge is 0.359 e. The van der Waals surface area contributed by atoms with E-state index in [0.717, 1.165) is 0 Å². The Kier molecular flexibility index (Phi) is 4.36. The summed E-state index contributed by atoms with van der Waals surface area (Å²) in [5.74, 6) is -1.15. The average Bonchev–Trinajstić information content (AvgIpc) is 2.27. The van der Waals surface area contributed by atoms with Gasteiger partial charge in [-0.25, -0.2) is 19.6 Å². The first kappa shape index (κ1) is 14.1. The van der Waals surface area contributed by atoms with Gasteiger partial charge >= 0.3 is 11.9 Å². The van der Waals surface area contributed by atoms with Gasteiger partial charge in [-0.2, -0.15) is 0 Å². The largest absolute Gasteiger partial charge is 0.461 e. The van der Waals surface area contributed by atoms with Gasteiger partial charge in [0.1, 0.15) is 5.60 Å². The molecule has 0 N–H and O–H groups in total. The van der Waals surface area contributed by atoms with Crippen molar-refractivity contribution < 1.29 is 19.1 Å². The second-order valence-electron chi connectivity index (χ2n) is 4.51. The predicted octanol–water partition coefficient (Wildman–Crippen LogP) is 1.61. The summed E-state index contributed by atoms with van der Waals surface area (Å²) in [7, 11) is 0. The van der Waals surface area contributed by atoms with Crippen molar-refractivity contribution in [2.45, 2.75) is 33.3 Å². The minimum Gasteiger partial charge on any atom is -0.461 e. The fourth-order valence-electron chi connectivity index (χ4n) is 1.07. The molecule has 0 aliphatic heterocycles. The molecule has 6 nitrogen and oxygen atoms in total. The summed E-state index contributed by atoms with van der Waals surface area (Å²) in [5.41, 5.74) is -0.486. The Balaban J connectivity index is 2.77. The van der Waals surface area contributed by atoms with Crippen molar-refractivity contribution in [1.82, 2.24) is 9.97 Å². The number of carbonyl (C=O) groups is 2. The van der Waals surface area contributed by atoms with E-state index in [4.69, 9.17) is 9.47 Å². The van der Waals surface area contributed by atoms with E-state index in [1.54, 1.807) is 27.7 Å².